The van der Waals surface area contributed by atoms with Gasteiger partial charge in [0.05, 0.1) is 5.30 Å². The third-order valence-electron chi connectivity index (χ3n) is 3.78. The van der Waals surface area contributed by atoms with Crippen molar-refractivity contribution in [2.45, 2.75) is 13.3 Å². The number of carbonyl (C=O) groups excluding carboxylic acids is 1. The average molecular weight is 346 g/mol. The van der Waals surface area contributed by atoms with Gasteiger partial charge in [-0.05, 0) is 38.2 Å². The molecule has 0 heterocycles. The molecule has 1 atom stereocenters. The van der Waals surface area contributed by atoms with Crippen molar-refractivity contribution >= 4 is 24.4 Å². The molecule has 1 amide bonds. The normalized spacial score (nSPS) is 13.5. The van der Waals surface area contributed by atoms with Gasteiger partial charge in [-0.2, -0.15) is 0 Å². The molecule has 0 radical (unpaired) electrons. The third kappa shape index (κ3) is 4.54. The summed E-state index contributed by atoms with van der Waals surface area (Å²) in [4.78, 5) is 12.1. The summed E-state index contributed by atoms with van der Waals surface area (Å²) in [7, 11) is -0.00349. The van der Waals surface area contributed by atoms with E-state index in [0.29, 0.717) is 11.8 Å². The summed E-state index contributed by atoms with van der Waals surface area (Å²) in [6.07, 6.45) is 0.227. The maximum atomic E-state index is 13.1. The Kier molecular flexibility index (Phi) is 6.32. The smallest absolute Gasteiger partial charge is 0.301 e. The molecule has 2 rings (SSSR count). The van der Waals surface area contributed by atoms with Crippen LogP contribution in [0.2, 0.25) is 0 Å². The van der Waals surface area contributed by atoms with Gasteiger partial charge in [0.2, 0.25) is 5.91 Å². The molecular formula is C18H23N2O3P. The highest BCUT2D eigenvalue weighted by atomic mass is 31.2. The zero-order valence-electron chi connectivity index (χ0n) is 14.2. The molecule has 0 aliphatic heterocycles. The summed E-state index contributed by atoms with van der Waals surface area (Å²) in [5.41, 5.74) is 1.89. The second kappa shape index (κ2) is 8.25. The zero-order chi connectivity index (χ0) is 17.6. The molecule has 0 saturated heterocycles. The lowest BCUT2D eigenvalue weighted by Gasteiger charge is -2.26. The van der Waals surface area contributed by atoms with Crippen molar-refractivity contribution in [3.05, 3.63) is 60.2 Å². The van der Waals surface area contributed by atoms with Crippen LogP contribution >= 0.6 is 7.52 Å². The fourth-order valence-corrected chi connectivity index (χ4v) is 4.11. The highest BCUT2D eigenvalue weighted by molar-refractivity contribution is 7.64. The molecule has 0 spiro atoms. The van der Waals surface area contributed by atoms with Gasteiger partial charge in [-0.25, -0.2) is 4.67 Å². The molecule has 1 N–H and O–H groups in total. The molecule has 1 unspecified atom stereocenters. The Balaban J connectivity index is 1.96. The minimum Gasteiger partial charge on any atom is -0.326 e. The molecule has 0 fully saturated rings. The van der Waals surface area contributed by atoms with E-state index in [0.717, 1.165) is 11.3 Å². The third-order valence-corrected chi connectivity index (χ3v) is 6.32. The second-order valence-corrected chi connectivity index (χ2v) is 8.19. The van der Waals surface area contributed by atoms with Crippen LogP contribution in [0.3, 0.4) is 0 Å². The summed E-state index contributed by atoms with van der Waals surface area (Å²) in [5, 5.41) is 3.46. The number of anilines is 1. The van der Waals surface area contributed by atoms with Crippen molar-refractivity contribution in [3.8, 4) is 0 Å². The Labute approximate surface area is 143 Å². The second-order valence-electron chi connectivity index (χ2n) is 5.58. The van der Waals surface area contributed by atoms with Gasteiger partial charge in [0.25, 0.3) is 0 Å². The molecule has 0 aliphatic carbocycles. The summed E-state index contributed by atoms with van der Waals surface area (Å²) in [6.45, 7) is 2.32. The Morgan fingerprint density at radius 2 is 1.75 bits per heavy atom. The fraction of sp³-hybridized carbons (Fsp3) is 0.278. The Morgan fingerprint density at radius 1 is 1.12 bits per heavy atom. The van der Waals surface area contributed by atoms with E-state index in [4.69, 9.17) is 4.52 Å². The van der Waals surface area contributed by atoms with Gasteiger partial charge in [0.15, 0.2) is 0 Å². The van der Waals surface area contributed by atoms with Crippen LogP contribution < -0.4 is 10.6 Å². The van der Waals surface area contributed by atoms with Gasteiger partial charge in [-0.1, -0.05) is 35.9 Å². The molecule has 0 bridgehead atoms. The van der Waals surface area contributed by atoms with Crippen LogP contribution in [0, 0.1) is 6.92 Å². The summed E-state index contributed by atoms with van der Waals surface area (Å²) < 4.78 is 20.0. The van der Waals surface area contributed by atoms with Crippen LogP contribution in [-0.2, 0) is 13.9 Å². The van der Waals surface area contributed by atoms with Crippen LogP contribution in [0.15, 0.2) is 54.6 Å². The van der Waals surface area contributed by atoms with Crippen LogP contribution in [0.4, 0.5) is 5.69 Å². The molecular weight excluding hydrogens is 323 g/mol. The highest BCUT2D eigenvalue weighted by Crippen LogP contribution is 2.47. The first-order chi connectivity index (χ1) is 11.5. The minimum absolute atomic E-state index is 0.124. The van der Waals surface area contributed by atoms with Crippen LogP contribution in [0.1, 0.15) is 12.0 Å². The van der Waals surface area contributed by atoms with Gasteiger partial charge in [-0.3, -0.25) is 9.36 Å². The Hall–Kier alpha value is -1.94. The molecule has 128 valence electrons. The molecule has 0 saturated carbocycles. The van der Waals surface area contributed by atoms with Crippen molar-refractivity contribution in [3.63, 3.8) is 0 Å². The number of hydrogen-bond donors (Lipinski definition) is 1. The molecule has 2 aromatic rings. The van der Waals surface area contributed by atoms with Gasteiger partial charge >= 0.3 is 7.52 Å². The highest BCUT2D eigenvalue weighted by Gasteiger charge is 2.30. The number of amides is 1. The maximum Gasteiger partial charge on any atom is 0.301 e. The van der Waals surface area contributed by atoms with E-state index in [1.54, 1.807) is 23.9 Å². The number of nitrogens with zero attached hydrogens (tertiary/aromatic N) is 1. The van der Waals surface area contributed by atoms with Crippen molar-refractivity contribution in [2.24, 2.45) is 0 Å². The lowest BCUT2D eigenvalue weighted by molar-refractivity contribution is -0.116. The van der Waals surface area contributed by atoms with Crippen LogP contribution in [0.25, 0.3) is 0 Å². The predicted molar refractivity (Wildman–Crippen MR) is 97.7 cm³/mol. The van der Waals surface area contributed by atoms with Crippen molar-refractivity contribution in [1.82, 2.24) is 4.67 Å². The zero-order valence-corrected chi connectivity index (χ0v) is 15.1. The molecule has 5 nitrogen and oxygen atoms in total. The Bertz CT molecular complexity index is 717. The standard InChI is InChI=1S/C18H23N2O3P/c1-15-9-11-16(12-10-15)19-18(21)13-14-20(2)24(22,23-3)17-7-5-4-6-8-17/h4-12H,13-14H2,1-3H3,(H,19,21). The van der Waals surface area contributed by atoms with E-state index >= 15 is 0 Å². The first-order valence-electron chi connectivity index (χ1n) is 7.75. The number of aryl methyl sites for hydroxylation is 1. The van der Waals surface area contributed by atoms with Gasteiger partial charge in [0.1, 0.15) is 0 Å². The number of nitrogens with one attached hydrogen (secondary N) is 1. The van der Waals surface area contributed by atoms with Crippen molar-refractivity contribution in [2.75, 3.05) is 26.0 Å². The van der Waals surface area contributed by atoms with Gasteiger partial charge < -0.3 is 9.84 Å². The number of hydrogen-bond acceptors (Lipinski definition) is 3. The number of carbonyl (C=O) groups is 1. The Morgan fingerprint density at radius 3 is 2.33 bits per heavy atom. The quantitative estimate of drug-likeness (QED) is 0.781. The number of benzene rings is 2. The van der Waals surface area contributed by atoms with E-state index < -0.39 is 7.52 Å². The summed E-state index contributed by atoms with van der Waals surface area (Å²) in [5.74, 6) is -0.124. The summed E-state index contributed by atoms with van der Waals surface area (Å²) >= 11 is 0. The van der Waals surface area contributed by atoms with Crippen molar-refractivity contribution < 1.29 is 13.9 Å². The molecule has 0 aromatic heterocycles. The van der Waals surface area contributed by atoms with E-state index in [9.17, 15) is 9.36 Å². The van der Waals surface area contributed by atoms with Crippen LogP contribution in [-0.4, -0.2) is 31.3 Å². The fourth-order valence-electron chi connectivity index (χ4n) is 2.31. The minimum atomic E-state index is -3.14. The predicted octanol–water partition coefficient (Wildman–Crippen LogP) is 3.42. The lowest BCUT2D eigenvalue weighted by Crippen LogP contribution is -2.27. The maximum absolute atomic E-state index is 13.1. The monoisotopic (exact) mass is 346 g/mol. The first kappa shape index (κ1) is 18.4. The number of rotatable bonds is 7. The van der Waals surface area contributed by atoms with E-state index in [2.05, 4.69) is 5.32 Å². The first-order valence-corrected chi connectivity index (χ1v) is 9.33. The van der Waals surface area contributed by atoms with Gasteiger partial charge in [0, 0.05) is 25.8 Å². The SMILES string of the molecule is COP(=O)(c1ccccc1)N(C)CCC(=O)Nc1ccc(C)cc1. The molecule has 6 heteroatoms. The molecule has 0 aliphatic rings. The van der Waals surface area contributed by atoms with E-state index in [1.807, 2.05) is 49.4 Å². The van der Waals surface area contributed by atoms with E-state index in [1.165, 1.54) is 7.11 Å². The largest absolute Gasteiger partial charge is 0.326 e. The topological polar surface area (TPSA) is 58.6 Å². The molecule has 2 aromatic carbocycles. The molecule has 24 heavy (non-hydrogen) atoms. The van der Waals surface area contributed by atoms with Crippen molar-refractivity contribution in [1.29, 1.82) is 0 Å². The summed E-state index contributed by atoms with van der Waals surface area (Å²) in [6, 6.07) is 16.6. The average Bonchev–Trinajstić information content (AvgIpc) is 2.61. The lowest BCUT2D eigenvalue weighted by atomic mass is 10.2. The van der Waals surface area contributed by atoms with Gasteiger partial charge in [-0.15, -0.1) is 0 Å². The van der Waals surface area contributed by atoms with Crippen LogP contribution in [0.5, 0.6) is 0 Å². The van der Waals surface area contributed by atoms with E-state index in [-0.39, 0.29) is 12.3 Å².